The fourth-order valence-electron chi connectivity index (χ4n) is 2.79. The number of anilines is 1. The number of rotatable bonds is 3. The molecule has 1 aromatic heterocycles. The number of hydrogen-bond acceptors (Lipinski definition) is 5. The third-order valence-electron chi connectivity index (χ3n) is 3.90. The maximum atomic E-state index is 5.61. The molecule has 0 spiro atoms. The molecule has 3 rings (SSSR count). The first-order valence-corrected chi connectivity index (χ1v) is 7.75. The Labute approximate surface area is 127 Å². The Hall–Kier alpha value is -0.850. The second kappa shape index (κ2) is 6.28. The Morgan fingerprint density at radius 1 is 1.30 bits per heavy atom. The summed E-state index contributed by atoms with van der Waals surface area (Å²) in [5.41, 5.74) is 0. The van der Waals surface area contributed by atoms with Gasteiger partial charge in [0, 0.05) is 19.0 Å². The van der Waals surface area contributed by atoms with Gasteiger partial charge in [0.2, 0.25) is 0 Å². The van der Waals surface area contributed by atoms with Gasteiger partial charge in [-0.3, -0.25) is 0 Å². The Bertz CT molecular complexity index is 458. The van der Waals surface area contributed by atoms with E-state index >= 15 is 0 Å². The molecule has 2 aliphatic rings. The van der Waals surface area contributed by atoms with Crippen molar-refractivity contribution in [2.75, 3.05) is 38.3 Å². The molecule has 0 aromatic carbocycles. The normalized spacial score (nSPS) is 21.4. The summed E-state index contributed by atoms with van der Waals surface area (Å²) in [7, 11) is 1.65. The highest BCUT2D eigenvalue weighted by atomic mass is 79.9. The van der Waals surface area contributed by atoms with E-state index in [1.807, 2.05) is 6.07 Å². The van der Waals surface area contributed by atoms with Crippen LogP contribution in [0.1, 0.15) is 12.8 Å². The highest BCUT2D eigenvalue weighted by Gasteiger charge is 2.31. The quantitative estimate of drug-likeness (QED) is 0.844. The number of aromatic nitrogens is 1. The van der Waals surface area contributed by atoms with Gasteiger partial charge in [-0.1, -0.05) is 0 Å². The first kappa shape index (κ1) is 14.1. The highest BCUT2D eigenvalue weighted by Crippen LogP contribution is 2.32. The second-order valence-corrected chi connectivity index (χ2v) is 5.97. The molecule has 1 aromatic rings. The third-order valence-corrected chi connectivity index (χ3v) is 4.49. The molecule has 6 heteroatoms. The number of pyridine rings is 1. The van der Waals surface area contributed by atoms with Crippen LogP contribution in [-0.2, 0) is 9.47 Å². The van der Waals surface area contributed by atoms with Crippen LogP contribution >= 0.6 is 15.9 Å². The average Bonchev–Trinajstić information content (AvgIpc) is 3.01. The lowest BCUT2D eigenvalue weighted by Gasteiger charge is -2.34. The van der Waals surface area contributed by atoms with Crippen molar-refractivity contribution < 1.29 is 14.2 Å². The SMILES string of the molecule is COc1cnc(N2CCC(C3OCCO3)CC2)c(Br)c1. The molecule has 2 saturated heterocycles. The van der Waals surface area contributed by atoms with Crippen LogP contribution in [0.25, 0.3) is 0 Å². The summed E-state index contributed by atoms with van der Waals surface area (Å²) in [4.78, 5) is 6.79. The van der Waals surface area contributed by atoms with Crippen LogP contribution in [0.3, 0.4) is 0 Å². The van der Waals surface area contributed by atoms with E-state index in [4.69, 9.17) is 14.2 Å². The summed E-state index contributed by atoms with van der Waals surface area (Å²) in [5.74, 6) is 2.26. The maximum Gasteiger partial charge on any atom is 0.160 e. The van der Waals surface area contributed by atoms with Crippen molar-refractivity contribution in [3.05, 3.63) is 16.7 Å². The summed E-state index contributed by atoms with van der Waals surface area (Å²) in [6, 6.07) is 1.96. The van der Waals surface area contributed by atoms with Crippen LogP contribution in [0.5, 0.6) is 5.75 Å². The van der Waals surface area contributed by atoms with Crippen LogP contribution in [0.4, 0.5) is 5.82 Å². The van der Waals surface area contributed by atoms with Crippen molar-refractivity contribution in [1.29, 1.82) is 0 Å². The fraction of sp³-hybridized carbons (Fsp3) is 0.643. The molecule has 2 aliphatic heterocycles. The predicted molar refractivity (Wildman–Crippen MR) is 79.1 cm³/mol. The van der Waals surface area contributed by atoms with Gasteiger partial charge in [0.25, 0.3) is 0 Å². The van der Waals surface area contributed by atoms with E-state index in [1.54, 1.807) is 13.3 Å². The number of hydrogen-bond donors (Lipinski definition) is 0. The fourth-order valence-corrected chi connectivity index (χ4v) is 3.37. The molecule has 2 fully saturated rings. The topological polar surface area (TPSA) is 43.8 Å². The molecule has 0 aliphatic carbocycles. The average molecular weight is 343 g/mol. The number of halogens is 1. The van der Waals surface area contributed by atoms with E-state index in [0.717, 1.165) is 55.2 Å². The van der Waals surface area contributed by atoms with Gasteiger partial charge in [-0.05, 0) is 34.8 Å². The zero-order valence-electron chi connectivity index (χ0n) is 11.5. The van der Waals surface area contributed by atoms with Crippen molar-refractivity contribution in [2.24, 2.45) is 5.92 Å². The lowest BCUT2D eigenvalue weighted by atomic mass is 9.96. The van der Waals surface area contributed by atoms with E-state index in [1.165, 1.54) is 0 Å². The van der Waals surface area contributed by atoms with E-state index in [-0.39, 0.29) is 6.29 Å². The lowest BCUT2D eigenvalue weighted by molar-refractivity contribution is -0.0889. The van der Waals surface area contributed by atoms with Crippen LogP contribution in [0.2, 0.25) is 0 Å². The molecule has 110 valence electrons. The minimum absolute atomic E-state index is 0.00409. The van der Waals surface area contributed by atoms with E-state index < -0.39 is 0 Å². The molecule has 3 heterocycles. The van der Waals surface area contributed by atoms with Crippen molar-refractivity contribution in [3.8, 4) is 5.75 Å². The number of piperidine rings is 1. The van der Waals surface area contributed by atoms with Crippen molar-refractivity contribution in [3.63, 3.8) is 0 Å². The third kappa shape index (κ3) is 2.92. The molecule has 20 heavy (non-hydrogen) atoms. The Kier molecular flexibility index (Phi) is 4.43. The number of nitrogens with zero attached hydrogens (tertiary/aromatic N) is 2. The monoisotopic (exact) mass is 342 g/mol. The summed E-state index contributed by atoms with van der Waals surface area (Å²) in [6.07, 6.45) is 3.91. The van der Waals surface area contributed by atoms with Gasteiger partial charge in [-0.15, -0.1) is 0 Å². The Morgan fingerprint density at radius 3 is 2.60 bits per heavy atom. The second-order valence-electron chi connectivity index (χ2n) is 5.12. The van der Waals surface area contributed by atoms with Gasteiger partial charge >= 0.3 is 0 Å². The highest BCUT2D eigenvalue weighted by molar-refractivity contribution is 9.10. The smallest absolute Gasteiger partial charge is 0.160 e. The number of methoxy groups -OCH3 is 1. The standard InChI is InChI=1S/C14H19BrN2O3/c1-18-11-8-12(15)13(16-9-11)17-4-2-10(3-5-17)14-19-6-7-20-14/h8-10,14H,2-7H2,1H3. The van der Waals surface area contributed by atoms with Crippen molar-refractivity contribution >= 4 is 21.7 Å². The van der Waals surface area contributed by atoms with E-state index in [2.05, 4.69) is 25.8 Å². The van der Waals surface area contributed by atoms with Crippen LogP contribution in [0, 0.1) is 5.92 Å². The van der Waals surface area contributed by atoms with Gasteiger partial charge in [-0.25, -0.2) is 4.98 Å². The zero-order chi connectivity index (χ0) is 13.9. The molecule has 0 saturated carbocycles. The Balaban J connectivity index is 1.62. The summed E-state index contributed by atoms with van der Waals surface area (Å²) in [6.45, 7) is 3.42. The first-order chi connectivity index (χ1) is 9.78. The van der Waals surface area contributed by atoms with Crippen LogP contribution in [0.15, 0.2) is 16.7 Å². The van der Waals surface area contributed by atoms with Crippen molar-refractivity contribution in [2.45, 2.75) is 19.1 Å². The number of ether oxygens (including phenoxy) is 3. The van der Waals surface area contributed by atoms with E-state index in [0.29, 0.717) is 5.92 Å². The maximum absolute atomic E-state index is 5.61. The van der Waals surface area contributed by atoms with Crippen LogP contribution in [-0.4, -0.2) is 44.7 Å². The van der Waals surface area contributed by atoms with Gasteiger partial charge in [0.05, 0.1) is 31.0 Å². The first-order valence-electron chi connectivity index (χ1n) is 6.95. The molecule has 0 bridgehead atoms. The summed E-state index contributed by atoms with van der Waals surface area (Å²) in [5, 5.41) is 0. The lowest BCUT2D eigenvalue weighted by Crippen LogP contribution is -2.38. The predicted octanol–water partition coefficient (Wildman–Crippen LogP) is 2.44. The van der Waals surface area contributed by atoms with Gasteiger partial charge < -0.3 is 19.1 Å². The van der Waals surface area contributed by atoms with Gasteiger partial charge in [0.15, 0.2) is 6.29 Å². The van der Waals surface area contributed by atoms with E-state index in [9.17, 15) is 0 Å². The van der Waals surface area contributed by atoms with Gasteiger partial charge in [-0.2, -0.15) is 0 Å². The van der Waals surface area contributed by atoms with Gasteiger partial charge in [0.1, 0.15) is 11.6 Å². The molecule has 5 nitrogen and oxygen atoms in total. The van der Waals surface area contributed by atoms with Crippen LogP contribution < -0.4 is 9.64 Å². The molecule has 0 radical (unpaired) electrons. The minimum atomic E-state index is 0.00409. The molecule has 0 atom stereocenters. The zero-order valence-corrected chi connectivity index (χ0v) is 13.1. The molecule has 0 amide bonds. The largest absolute Gasteiger partial charge is 0.495 e. The summed E-state index contributed by atoms with van der Waals surface area (Å²) >= 11 is 3.57. The molecule has 0 unspecified atom stereocenters. The van der Waals surface area contributed by atoms with Crippen molar-refractivity contribution in [1.82, 2.24) is 4.98 Å². The molecular formula is C14H19BrN2O3. The molecular weight excluding hydrogens is 324 g/mol. The Morgan fingerprint density at radius 2 is 2.00 bits per heavy atom. The summed E-state index contributed by atoms with van der Waals surface area (Å²) < 4.78 is 17.4. The molecule has 0 N–H and O–H groups in total. The minimum Gasteiger partial charge on any atom is -0.495 e.